The smallest absolute Gasteiger partial charge is 0.261 e. The molecule has 0 fully saturated rings. The van der Waals surface area contributed by atoms with E-state index in [4.69, 9.17) is 11.6 Å². The van der Waals surface area contributed by atoms with Gasteiger partial charge in [-0.1, -0.05) is 11.6 Å². The van der Waals surface area contributed by atoms with Gasteiger partial charge in [0.05, 0.1) is 30.0 Å². The van der Waals surface area contributed by atoms with E-state index in [-0.39, 0.29) is 5.56 Å². The molecule has 102 valence electrons. The van der Waals surface area contributed by atoms with Gasteiger partial charge < -0.3 is 0 Å². The molecule has 0 aliphatic heterocycles. The quantitative estimate of drug-likeness (QED) is 0.743. The lowest BCUT2D eigenvalue weighted by atomic mass is 10.2. The number of benzene rings is 1. The molecule has 3 aromatic rings. The molecule has 1 aromatic carbocycles. The van der Waals surface area contributed by atoms with Gasteiger partial charge in [0.2, 0.25) is 0 Å². The maximum atomic E-state index is 12.4. The van der Waals surface area contributed by atoms with Crippen LogP contribution in [0.4, 0.5) is 0 Å². The molecule has 0 spiro atoms. The van der Waals surface area contributed by atoms with Gasteiger partial charge in [0.15, 0.2) is 0 Å². The summed E-state index contributed by atoms with van der Waals surface area (Å²) in [7, 11) is 0. The predicted octanol–water partition coefficient (Wildman–Crippen LogP) is 2.31. The van der Waals surface area contributed by atoms with Crippen molar-refractivity contribution >= 4 is 22.5 Å². The molecular weight excluding hydrogens is 276 g/mol. The van der Waals surface area contributed by atoms with Crippen molar-refractivity contribution in [2.24, 2.45) is 0 Å². The average Bonchev–Trinajstić information content (AvgIpc) is 2.90. The summed E-state index contributed by atoms with van der Waals surface area (Å²) in [5.74, 6) is 0. The van der Waals surface area contributed by atoms with E-state index in [2.05, 4.69) is 10.1 Å². The zero-order chi connectivity index (χ0) is 14.1. The molecule has 0 aliphatic carbocycles. The average molecular weight is 289 g/mol. The first-order valence-corrected chi connectivity index (χ1v) is 6.71. The summed E-state index contributed by atoms with van der Waals surface area (Å²) in [6, 6.07) is 5.13. The Kier molecular flexibility index (Phi) is 3.28. The molecule has 0 bridgehead atoms. The summed E-state index contributed by atoms with van der Waals surface area (Å²) in [5, 5.41) is 5.26. The number of aryl methyl sites for hydroxylation is 1. The number of nitrogens with zero attached hydrogens (tertiary/aromatic N) is 4. The maximum absolute atomic E-state index is 12.4. The van der Waals surface area contributed by atoms with E-state index in [0.717, 1.165) is 12.1 Å². The summed E-state index contributed by atoms with van der Waals surface area (Å²) < 4.78 is 3.39. The van der Waals surface area contributed by atoms with Gasteiger partial charge >= 0.3 is 0 Å². The normalized spacial score (nSPS) is 11.1. The van der Waals surface area contributed by atoms with Crippen LogP contribution in [0.1, 0.15) is 12.5 Å². The number of rotatable bonds is 3. The Balaban J connectivity index is 2.03. The zero-order valence-electron chi connectivity index (χ0n) is 11.0. The first kappa shape index (κ1) is 12.9. The van der Waals surface area contributed by atoms with Crippen LogP contribution in [-0.4, -0.2) is 19.3 Å². The molecule has 6 heteroatoms. The van der Waals surface area contributed by atoms with Crippen LogP contribution in [0.2, 0.25) is 5.02 Å². The SMILES string of the molecule is CCn1cc(Cn2cnc3ccc(Cl)cc3c2=O)cn1. The largest absolute Gasteiger partial charge is 0.294 e. The van der Waals surface area contributed by atoms with Crippen LogP contribution < -0.4 is 5.56 Å². The molecule has 0 radical (unpaired) electrons. The molecule has 0 aliphatic rings. The van der Waals surface area contributed by atoms with Crippen molar-refractivity contribution < 1.29 is 0 Å². The van der Waals surface area contributed by atoms with Crippen molar-refractivity contribution in [2.75, 3.05) is 0 Å². The standard InChI is InChI=1S/C14H13ClN4O/c1-2-19-8-10(6-17-19)7-18-9-16-13-4-3-11(15)5-12(13)14(18)20/h3-6,8-9H,2,7H2,1H3. The molecular formula is C14H13ClN4O. The third-order valence-corrected chi connectivity index (χ3v) is 3.38. The Hall–Kier alpha value is -2.14. The molecule has 0 atom stereocenters. The van der Waals surface area contributed by atoms with Gasteiger partial charge in [-0.25, -0.2) is 4.98 Å². The minimum atomic E-state index is -0.0956. The lowest BCUT2D eigenvalue weighted by molar-refractivity contribution is 0.657. The van der Waals surface area contributed by atoms with Gasteiger partial charge in [-0.15, -0.1) is 0 Å². The van der Waals surface area contributed by atoms with Gasteiger partial charge in [0, 0.05) is 23.3 Å². The number of halogens is 1. The molecule has 2 heterocycles. The topological polar surface area (TPSA) is 52.7 Å². The van der Waals surface area contributed by atoms with Crippen LogP contribution in [-0.2, 0) is 13.1 Å². The predicted molar refractivity (Wildman–Crippen MR) is 78.0 cm³/mol. The lowest BCUT2D eigenvalue weighted by Crippen LogP contribution is -2.21. The van der Waals surface area contributed by atoms with Crippen LogP contribution in [0.15, 0.2) is 41.7 Å². The minimum absolute atomic E-state index is 0.0956. The second-order valence-electron chi connectivity index (χ2n) is 4.54. The fourth-order valence-corrected chi connectivity index (χ4v) is 2.27. The maximum Gasteiger partial charge on any atom is 0.261 e. The van der Waals surface area contributed by atoms with E-state index in [1.165, 1.54) is 0 Å². The van der Waals surface area contributed by atoms with Gasteiger partial charge in [-0.05, 0) is 25.1 Å². The van der Waals surface area contributed by atoms with Crippen LogP contribution in [0.25, 0.3) is 10.9 Å². The monoisotopic (exact) mass is 288 g/mol. The van der Waals surface area contributed by atoms with Crippen LogP contribution in [0.5, 0.6) is 0 Å². The van der Waals surface area contributed by atoms with Crippen molar-refractivity contribution in [1.82, 2.24) is 19.3 Å². The van der Waals surface area contributed by atoms with Crippen molar-refractivity contribution in [1.29, 1.82) is 0 Å². The van der Waals surface area contributed by atoms with Crippen molar-refractivity contribution in [3.63, 3.8) is 0 Å². The van der Waals surface area contributed by atoms with E-state index in [9.17, 15) is 4.79 Å². The molecule has 2 aromatic heterocycles. The van der Waals surface area contributed by atoms with Gasteiger partial charge in [-0.2, -0.15) is 5.10 Å². The van der Waals surface area contributed by atoms with Crippen LogP contribution in [0.3, 0.4) is 0 Å². The van der Waals surface area contributed by atoms with E-state index in [1.54, 1.807) is 35.3 Å². The van der Waals surface area contributed by atoms with Crippen molar-refractivity contribution in [3.8, 4) is 0 Å². The number of aromatic nitrogens is 4. The van der Waals surface area contributed by atoms with Gasteiger partial charge in [-0.3, -0.25) is 14.0 Å². The Morgan fingerprint density at radius 3 is 2.95 bits per heavy atom. The molecule has 20 heavy (non-hydrogen) atoms. The minimum Gasteiger partial charge on any atom is -0.294 e. The molecule has 0 saturated carbocycles. The Labute approximate surface area is 120 Å². The van der Waals surface area contributed by atoms with E-state index < -0.39 is 0 Å². The van der Waals surface area contributed by atoms with Crippen molar-refractivity contribution in [2.45, 2.75) is 20.0 Å². The molecule has 0 saturated heterocycles. The van der Waals surface area contributed by atoms with E-state index >= 15 is 0 Å². The third kappa shape index (κ3) is 2.32. The Morgan fingerprint density at radius 2 is 2.20 bits per heavy atom. The Bertz CT molecular complexity index is 821. The second kappa shape index (κ2) is 5.09. The van der Waals surface area contributed by atoms with Gasteiger partial charge in [0.25, 0.3) is 5.56 Å². The Morgan fingerprint density at radius 1 is 1.35 bits per heavy atom. The number of hydrogen-bond acceptors (Lipinski definition) is 3. The highest BCUT2D eigenvalue weighted by atomic mass is 35.5. The first-order chi connectivity index (χ1) is 9.67. The molecule has 3 rings (SSSR count). The summed E-state index contributed by atoms with van der Waals surface area (Å²) in [6.45, 7) is 3.28. The van der Waals surface area contributed by atoms with Crippen LogP contribution in [0, 0.1) is 0 Å². The van der Waals surface area contributed by atoms with Gasteiger partial charge in [0.1, 0.15) is 0 Å². The zero-order valence-corrected chi connectivity index (χ0v) is 11.7. The number of hydrogen-bond donors (Lipinski definition) is 0. The first-order valence-electron chi connectivity index (χ1n) is 6.33. The van der Waals surface area contributed by atoms with E-state index in [0.29, 0.717) is 22.5 Å². The highest BCUT2D eigenvalue weighted by Gasteiger charge is 2.06. The van der Waals surface area contributed by atoms with Crippen molar-refractivity contribution in [3.05, 3.63) is 57.9 Å². The lowest BCUT2D eigenvalue weighted by Gasteiger charge is -2.05. The van der Waals surface area contributed by atoms with Crippen LogP contribution >= 0.6 is 11.6 Å². The highest BCUT2D eigenvalue weighted by Crippen LogP contribution is 2.14. The molecule has 0 N–H and O–H groups in total. The number of fused-ring (bicyclic) bond motifs is 1. The summed E-state index contributed by atoms with van der Waals surface area (Å²) >= 11 is 5.94. The molecule has 0 amide bonds. The molecule has 5 nitrogen and oxygen atoms in total. The summed E-state index contributed by atoms with van der Waals surface area (Å²) in [6.07, 6.45) is 5.24. The highest BCUT2D eigenvalue weighted by molar-refractivity contribution is 6.31. The second-order valence-corrected chi connectivity index (χ2v) is 4.98. The molecule has 0 unspecified atom stereocenters. The fraction of sp³-hybridized carbons (Fsp3) is 0.214. The third-order valence-electron chi connectivity index (χ3n) is 3.15. The summed E-state index contributed by atoms with van der Waals surface area (Å²) in [4.78, 5) is 16.7. The fourth-order valence-electron chi connectivity index (χ4n) is 2.10. The summed E-state index contributed by atoms with van der Waals surface area (Å²) in [5.41, 5.74) is 1.53. The van der Waals surface area contributed by atoms with E-state index in [1.807, 2.05) is 17.8 Å².